The minimum atomic E-state index is -0.873. The number of hydrogen-bond acceptors (Lipinski definition) is 4. The highest BCUT2D eigenvalue weighted by molar-refractivity contribution is 5.98. The Morgan fingerprint density at radius 1 is 1.14 bits per heavy atom. The molecule has 0 saturated carbocycles. The third-order valence-corrected chi connectivity index (χ3v) is 4.22. The predicted octanol–water partition coefficient (Wildman–Crippen LogP) is 1.86. The maximum atomic E-state index is 13.2. The molecule has 3 N–H and O–H groups in total. The lowest BCUT2D eigenvalue weighted by Crippen LogP contribution is -2.44. The summed E-state index contributed by atoms with van der Waals surface area (Å²) in [5.74, 6) is -2.72. The highest BCUT2D eigenvalue weighted by Crippen LogP contribution is 2.10. The molecule has 0 fully saturated rings. The molecule has 1 heterocycles. The average molecular weight is 407 g/mol. The van der Waals surface area contributed by atoms with Crippen LogP contribution >= 0.6 is 0 Å². The largest absolute Gasteiger partial charge is 0.344 e. The van der Waals surface area contributed by atoms with E-state index in [9.17, 15) is 23.2 Å². The van der Waals surface area contributed by atoms with E-state index in [2.05, 4.69) is 20.8 Å². The van der Waals surface area contributed by atoms with Gasteiger partial charge in [0.15, 0.2) is 5.69 Å². The van der Waals surface area contributed by atoms with Crippen molar-refractivity contribution in [1.29, 1.82) is 0 Å². The van der Waals surface area contributed by atoms with Crippen molar-refractivity contribution in [1.82, 2.24) is 20.4 Å². The predicted molar refractivity (Wildman–Crippen MR) is 102 cm³/mol. The molecule has 3 amide bonds. The molecule has 1 aromatic heterocycles. The second-order valence-corrected chi connectivity index (χ2v) is 6.46. The molecular weight excluding hydrogens is 384 g/mol. The first kappa shape index (κ1) is 22.0. The van der Waals surface area contributed by atoms with E-state index in [0.717, 1.165) is 12.1 Å². The highest BCUT2D eigenvalue weighted by atomic mass is 19.1. The molecule has 0 aliphatic heterocycles. The quantitative estimate of drug-likeness (QED) is 0.621. The molecule has 0 aliphatic rings. The Morgan fingerprint density at radius 2 is 1.79 bits per heavy atom. The zero-order valence-corrected chi connectivity index (χ0v) is 16.4. The molecule has 2 aromatic rings. The molecule has 0 aliphatic carbocycles. The summed E-state index contributed by atoms with van der Waals surface area (Å²) in [6.07, 6.45) is 0.0120. The van der Waals surface area contributed by atoms with Gasteiger partial charge >= 0.3 is 0 Å². The summed E-state index contributed by atoms with van der Waals surface area (Å²) in [6, 6.07) is 3.35. The van der Waals surface area contributed by atoms with Crippen LogP contribution < -0.4 is 10.6 Å². The van der Waals surface area contributed by atoms with E-state index in [1.807, 2.05) is 6.92 Å². The van der Waals surface area contributed by atoms with Crippen molar-refractivity contribution >= 4 is 23.5 Å². The Balaban J connectivity index is 1.97. The smallest absolute Gasteiger partial charge is 0.274 e. The summed E-state index contributed by atoms with van der Waals surface area (Å²) < 4.78 is 26.5. The third-order valence-electron chi connectivity index (χ3n) is 4.22. The summed E-state index contributed by atoms with van der Waals surface area (Å²) in [5, 5.41) is 11.5. The van der Waals surface area contributed by atoms with E-state index in [-0.39, 0.29) is 35.8 Å². The van der Waals surface area contributed by atoms with Crippen LogP contribution in [-0.4, -0.2) is 52.5 Å². The van der Waals surface area contributed by atoms with E-state index in [1.165, 1.54) is 11.0 Å². The maximum absolute atomic E-state index is 13.2. The first-order chi connectivity index (χ1) is 13.7. The SMILES string of the molecule is CCC(NC(=O)Cc1cc(F)cc(F)c1)C(=O)Nc1cc(C(=O)N(C)CC)n[nH]1. The Bertz CT molecular complexity index is 879. The molecule has 0 bridgehead atoms. The fraction of sp³-hybridized carbons (Fsp3) is 0.368. The number of benzene rings is 1. The van der Waals surface area contributed by atoms with Crippen LogP contribution in [0.25, 0.3) is 0 Å². The minimum Gasteiger partial charge on any atom is -0.344 e. The highest BCUT2D eigenvalue weighted by Gasteiger charge is 2.21. The summed E-state index contributed by atoms with van der Waals surface area (Å²) in [6.45, 7) is 4.02. The van der Waals surface area contributed by atoms with Gasteiger partial charge in [0.25, 0.3) is 5.91 Å². The lowest BCUT2D eigenvalue weighted by molar-refractivity contribution is -0.126. The zero-order chi connectivity index (χ0) is 21.6. The number of rotatable bonds is 8. The van der Waals surface area contributed by atoms with Crippen molar-refractivity contribution in [2.24, 2.45) is 0 Å². The van der Waals surface area contributed by atoms with Crippen LogP contribution in [0.2, 0.25) is 0 Å². The van der Waals surface area contributed by atoms with Crippen LogP contribution in [0.3, 0.4) is 0 Å². The zero-order valence-electron chi connectivity index (χ0n) is 16.4. The van der Waals surface area contributed by atoms with Gasteiger partial charge in [-0.3, -0.25) is 19.5 Å². The Labute approximate surface area is 166 Å². The van der Waals surface area contributed by atoms with Crippen LogP contribution in [0.1, 0.15) is 36.3 Å². The number of halogens is 2. The topological polar surface area (TPSA) is 107 Å². The van der Waals surface area contributed by atoms with Crippen molar-refractivity contribution < 1.29 is 23.2 Å². The first-order valence-corrected chi connectivity index (χ1v) is 9.09. The van der Waals surface area contributed by atoms with Crippen molar-refractivity contribution in [3.05, 3.63) is 47.2 Å². The Kier molecular flexibility index (Phi) is 7.40. The van der Waals surface area contributed by atoms with E-state index in [4.69, 9.17) is 0 Å². The fourth-order valence-electron chi connectivity index (χ4n) is 2.55. The normalized spacial score (nSPS) is 11.6. The summed E-state index contributed by atoms with van der Waals surface area (Å²) in [7, 11) is 1.63. The second kappa shape index (κ2) is 9.76. The number of carbonyl (C=O) groups excluding carboxylic acids is 3. The minimum absolute atomic E-state index is 0.148. The van der Waals surface area contributed by atoms with Gasteiger partial charge in [-0.25, -0.2) is 8.78 Å². The molecule has 0 radical (unpaired) electrons. The number of hydrogen-bond donors (Lipinski definition) is 3. The lowest BCUT2D eigenvalue weighted by atomic mass is 10.1. The molecule has 1 unspecified atom stereocenters. The van der Waals surface area contributed by atoms with Gasteiger partial charge in [0.05, 0.1) is 6.42 Å². The van der Waals surface area contributed by atoms with Crippen LogP contribution in [-0.2, 0) is 16.0 Å². The van der Waals surface area contributed by atoms with Crippen LogP contribution in [0, 0.1) is 11.6 Å². The van der Waals surface area contributed by atoms with Gasteiger partial charge in [0.2, 0.25) is 11.8 Å². The standard InChI is InChI=1S/C19H23F2N5O3/c1-4-14(22-17(27)8-11-6-12(20)9-13(21)7-11)18(28)23-16-10-15(24-25-16)19(29)26(3)5-2/h6-7,9-10,14H,4-5,8H2,1-3H3,(H,22,27)(H2,23,24,25,28). The van der Waals surface area contributed by atoms with Gasteiger partial charge in [0, 0.05) is 25.7 Å². The molecule has 10 heteroatoms. The van der Waals surface area contributed by atoms with Crippen LogP contribution in [0.15, 0.2) is 24.3 Å². The number of H-pyrrole nitrogens is 1. The van der Waals surface area contributed by atoms with E-state index < -0.39 is 29.5 Å². The van der Waals surface area contributed by atoms with Gasteiger partial charge in [0.1, 0.15) is 23.5 Å². The third kappa shape index (κ3) is 6.09. The van der Waals surface area contributed by atoms with Crippen LogP contribution in [0.5, 0.6) is 0 Å². The van der Waals surface area contributed by atoms with Gasteiger partial charge < -0.3 is 15.5 Å². The second-order valence-electron chi connectivity index (χ2n) is 6.46. The molecule has 1 atom stereocenters. The summed E-state index contributed by atoms with van der Waals surface area (Å²) >= 11 is 0. The molecule has 29 heavy (non-hydrogen) atoms. The van der Waals surface area contributed by atoms with E-state index >= 15 is 0 Å². The number of anilines is 1. The van der Waals surface area contributed by atoms with E-state index in [0.29, 0.717) is 12.6 Å². The number of aromatic amines is 1. The van der Waals surface area contributed by atoms with Crippen molar-refractivity contribution in [3.8, 4) is 0 Å². The Hall–Kier alpha value is -3.30. The average Bonchev–Trinajstić information content (AvgIpc) is 3.12. The maximum Gasteiger partial charge on any atom is 0.274 e. The molecule has 0 saturated heterocycles. The molecule has 2 rings (SSSR count). The number of amides is 3. The van der Waals surface area contributed by atoms with Gasteiger partial charge in [-0.05, 0) is 31.0 Å². The molecule has 0 spiro atoms. The molecule has 8 nitrogen and oxygen atoms in total. The fourth-order valence-corrected chi connectivity index (χ4v) is 2.55. The van der Waals surface area contributed by atoms with Gasteiger partial charge in [-0.15, -0.1) is 0 Å². The number of nitrogens with zero attached hydrogens (tertiary/aromatic N) is 2. The van der Waals surface area contributed by atoms with Crippen molar-refractivity contribution in [2.45, 2.75) is 32.7 Å². The van der Waals surface area contributed by atoms with Crippen molar-refractivity contribution in [2.75, 3.05) is 18.9 Å². The summed E-state index contributed by atoms with van der Waals surface area (Å²) in [5.41, 5.74) is 0.307. The number of aromatic nitrogens is 2. The lowest BCUT2D eigenvalue weighted by Gasteiger charge is -2.16. The Morgan fingerprint density at radius 3 is 2.38 bits per heavy atom. The van der Waals surface area contributed by atoms with E-state index in [1.54, 1.807) is 14.0 Å². The monoisotopic (exact) mass is 407 g/mol. The van der Waals surface area contributed by atoms with Gasteiger partial charge in [-0.1, -0.05) is 6.92 Å². The molecule has 1 aromatic carbocycles. The van der Waals surface area contributed by atoms with Crippen LogP contribution in [0.4, 0.5) is 14.6 Å². The molecule has 156 valence electrons. The number of nitrogens with one attached hydrogen (secondary N) is 3. The van der Waals surface area contributed by atoms with Gasteiger partial charge in [-0.2, -0.15) is 5.10 Å². The molecular formula is C19H23F2N5O3. The number of carbonyl (C=O) groups is 3. The first-order valence-electron chi connectivity index (χ1n) is 9.09. The summed E-state index contributed by atoms with van der Waals surface area (Å²) in [4.78, 5) is 38.1. The van der Waals surface area contributed by atoms with Crippen molar-refractivity contribution in [3.63, 3.8) is 0 Å².